The fourth-order valence-corrected chi connectivity index (χ4v) is 2.65. The van der Waals surface area contributed by atoms with Crippen molar-refractivity contribution >= 4 is 5.97 Å². The van der Waals surface area contributed by atoms with Gasteiger partial charge in [0, 0.05) is 39.3 Å². The quantitative estimate of drug-likeness (QED) is 0.892. The summed E-state index contributed by atoms with van der Waals surface area (Å²) in [5.41, 5.74) is 4.15. The van der Waals surface area contributed by atoms with Crippen molar-refractivity contribution in [3.8, 4) is 0 Å². The van der Waals surface area contributed by atoms with Gasteiger partial charge in [0.1, 0.15) is 0 Å². The molecule has 1 aliphatic heterocycles. The molecule has 0 aliphatic carbocycles. The highest BCUT2D eigenvalue weighted by Crippen LogP contribution is 2.16. The number of carboxylic acids is 1. The average Bonchev–Trinajstić information content (AvgIpc) is 2.43. The van der Waals surface area contributed by atoms with Gasteiger partial charge in [-0.05, 0) is 30.5 Å². The van der Waals surface area contributed by atoms with Gasteiger partial charge in [0.05, 0.1) is 6.42 Å². The van der Waals surface area contributed by atoms with Crippen LogP contribution in [0.2, 0.25) is 0 Å². The maximum atomic E-state index is 10.6. The van der Waals surface area contributed by atoms with E-state index in [1.54, 1.807) is 0 Å². The third-order valence-corrected chi connectivity index (χ3v) is 4.22. The molecule has 0 radical (unpaired) electrons. The number of rotatable bonds is 5. The predicted molar refractivity (Wildman–Crippen MR) is 79.9 cm³/mol. The normalized spacial score (nSPS) is 17.3. The van der Waals surface area contributed by atoms with E-state index in [0.717, 1.165) is 32.7 Å². The highest BCUT2D eigenvalue weighted by molar-refractivity contribution is 5.66. The van der Waals surface area contributed by atoms with Gasteiger partial charge < -0.3 is 10.0 Å². The fraction of sp³-hybridized carbons (Fsp3) is 0.562. The molecule has 0 saturated carbocycles. The number of hydrogen-bond acceptors (Lipinski definition) is 3. The van der Waals surface area contributed by atoms with E-state index in [0.29, 0.717) is 6.54 Å². The molecule has 0 amide bonds. The minimum Gasteiger partial charge on any atom is -0.481 e. The zero-order valence-electron chi connectivity index (χ0n) is 12.4. The zero-order valence-corrected chi connectivity index (χ0v) is 12.4. The summed E-state index contributed by atoms with van der Waals surface area (Å²) in [5, 5.41) is 8.71. The van der Waals surface area contributed by atoms with Gasteiger partial charge in [0.25, 0.3) is 0 Å². The average molecular weight is 276 g/mol. The first-order valence-electron chi connectivity index (χ1n) is 7.28. The molecule has 4 heteroatoms. The van der Waals surface area contributed by atoms with Gasteiger partial charge in [-0.3, -0.25) is 9.69 Å². The van der Waals surface area contributed by atoms with Crippen LogP contribution in [-0.4, -0.2) is 53.6 Å². The summed E-state index contributed by atoms with van der Waals surface area (Å²) < 4.78 is 0. The molecule has 1 fully saturated rings. The van der Waals surface area contributed by atoms with Crippen LogP contribution in [0.15, 0.2) is 18.2 Å². The lowest BCUT2D eigenvalue weighted by Gasteiger charge is -2.34. The molecule has 0 aromatic heterocycles. The van der Waals surface area contributed by atoms with Crippen molar-refractivity contribution in [2.75, 3.05) is 32.7 Å². The summed E-state index contributed by atoms with van der Waals surface area (Å²) in [4.78, 5) is 15.3. The number of hydrogen-bond donors (Lipinski definition) is 1. The van der Waals surface area contributed by atoms with Crippen LogP contribution >= 0.6 is 0 Å². The van der Waals surface area contributed by atoms with Gasteiger partial charge in [-0.1, -0.05) is 18.2 Å². The van der Waals surface area contributed by atoms with Crippen LogP contribution in [0.3, 0.4) is 0 Å². The third kappa shape index (κ3) is 4.05. The third-order valence-electron chi connectivity index (χ3n) is 4.22. The smallest absolute Gasteiger partial charge is 0.304 e. The van der Waals surface area contributed by atoms with Gasteiger partial charge >= 0.3 is 5.97 Å². The van der Waals surface area contributed by atoms with E-state index < -0.39 is 5.97 Å². The Kier molecular flexibility index (Phi) is 5.15. The van der Waals surface area contributed by atoms with Crippen molar-refractivity contribution in [2.24, 2.45) is 0 Å². The van der Waals surface area contributed by atoms with Gasteiger partial charge in [-0.25, -0.2) is 0 Å². The Balaban J connectivity index is 1.82. The van der Waals surface area contributed by atoms with E-state index in [4.69, 9.17) is 5.11 Å². The second kappa shape index (κ2) is 6.86. The van der Waals surface area contributed by atoms with E-state index in [2.05, 4.69) is 41.8 Å². The molecule has 2 rings (SSSR count). The number of aryl methyl sites for hydroxylation is 1. The predicted octanol–water partition coefficient (Wildman–Crippen LogP) is 1.90. The van der Waals surface area contributed by atoms with E-state index >= 15 is 0 Å². The SMILES string of the molecule is Cc1cccc(CN2CCN(CCC(=O)O)CC2)c1C. The second-order valence-electron chi connectivity index (χ2n) is 5.62. The number of benzene rings is 1. The minimum atomic E-state index is -0.706. The van der Waals surface area contributed by atoms with Crippen molar-refractivity contribution in [1.29, 1.82) is 0 Å². The topological polar surface area (TPSA) is 43.8 Å². The molecule has 20 heavy (non-hydrogen) atoms. The molecular formula is C16H24N2O2. The molecular weight excluding hydrogens is 252 g/mol. The molecule has 1 aliphatic rings. The Morgan fingerprint density at radius 1 is 1.15 bits per heavy atom. The molecule has 1 N–H and O–H groups in total. The summed E-state index contributed by atoms with van der Waals surface area (Å²) in [6, 6.07) is 6.49. The van der Waals surface area contributed by atoms with Crippen molar-refractivity contribution in [2.45, 2.75) is 26.8 Å². The zero-order chi connectivity index (χ0) is 14.5. The number of piperazine rings is 1. The Labute approximate surface area is 121 Å². The molecule has 1 heterocycles. The molecule has 4 nitrogen and oxygen atoms in total. The Bertz CT molecular complexity index is 466. The molecule has 1 aromatic rings. The number of carboxylic acid groups (broad SMARTS) is 1. The van der Waals surface area contributed by atoms with Crippen molar-refractivity contribution in [1.82, 2.24) is 9.80 Å². The molecule has 0 spiro atoms. The first kappa shape index (κ1) is 15.0. The lowest BCUT2D eigenvalue weighted by Crippen LogP contribution is -2.46. The number of nitrogens with zero attached hydrogens (tertiary/aromatic N) is 2. The first-order chi connectivity index (χ1) is 9.56. The van der Waals surface area contributed by atoms with Crippen molar-refractivity contribution in [3.05, 3.63) is 34.9 Å². The van der Waals surface area contributed by atoms with E-state index in [1.165, 1.54) is 16.7 Å². The molecule has 1 aromatic carbocycles. The highest BCUT2D eigenvalue weighted by atomic mass is 16.4. The van der Waals surface area contributed by atoms with Gasteiger partial charge in [-0.2, -0.15) is 0 Å². The number of aliphatic carboxylic acids is 1. The second-order valence-corrected chi connectivity index (χ2v) is 5.62. The summed E-state index contributed by atoms with van der Waals surface area (Å²) in [7, 11) is 0. The van der Waals surface area contributed by atoms with E-state index in [9.17, 15) is 4.79 Å². The fourth-order valence-electron chi connectivity index (χ4n) is 2.65. The lowest BCUT2D eigenvalue weighted by molar-refractivity contribution is -0.137. The van der Waals surface area contributed by atoms with Crippen LogP contribution in [0.4, 0.5) is 0 Å². The minimum absolute atomic E-state index is 0.247. The van der Waals surface area contributed by atoms with Gasteiger partial charge in [-0.15, -0.1) is 0 Å². The van der Waals surface area contributed by atoms with Crippen LogP contribution in [0.25, 0.3) is 0 Å². The maximum absolute atomic E-state index is 10.6. The Morgan fingerprint density at radius 3 is 2.45 bits per heavy atom. The van der Waals surface area contributed by atoms with Gasteiger partial charge in [0.15, 0.2) is 0 Å². The van der Waals surface area contributed by atoms with E-state index in [1.807, 2.05) is 0 Å². The molecule has 0 unspecified atom stereocenters. The van der Waals surface area contributed by atoms with Crippen molar-refractivity contribution < 1.29 is 9.90 Å². The molecule has 1 saturated heterocycles. The van der Waals surface area contributed by atoms with Crippen LogP contribution in [0.5, 0.6) is 0 Å². The van der Waals surface area contributed by atoms with Crippen LogP contribution in [-0.2, 0) is 11.3 Å². The molecule has 0 bridgehead atoms. The van der Waals surface area contributed by atoms with Crippen LogP contribution in [0, 0.1) is 13.8 Å². The summed E-state index contributed by atoms with van der Waals surface area (Å²) >= 11 is 0. The largest absolute Gasteiger partial charge is 0.481 e. The van der Waals surface area contributed by atoms with Gasteiger partial charge in [0.2, 0.25) is 0 Å². The monoisotopic (exact) mass is 276 g/mol. The summed E-state index contributed by atoms with van der Waals surface area (Å²) in [6.45, 7) is 10.00. The lowest BCUT2D eigenvalue weighted by atomic mass is 10.0. The molecule has 0 atom stereocenters. The highest BCUT2D eigenvalue weighted by Gasteiger charge is 2.18. The van der Waals surface area contributed by atoms with Crippen LogP contribution in [0.1, 0.15) is 23.1 Å². The summed E-state index contributed by atoms with van der Waals surface area (Å²) in [6.07, 6.45) is 0.247. The summed E-state index contributed by atoms with van der Waals surface area (Å²) in [5.74, 6) is -0.706. The van der Waals surface area contributed by atoms with Crippen molar-refractivity contribution in [3.63, 3.8) is 0 Å². The van der Waals surface area contributed by atoms with Crippen LogP contribution < -0.4 is 0 Å². The first-order valence-corrected chi connectivity index (χ1v) is 7.28. The van der Waals surface area contributed by atoms with E-state index in [-0.39, 0.29) is 6.42 Å². The standard InChI is InChI=1S/C16H24N2O2/c1-13-4-3-5-15(14(13)2)12-18-10-8-17(9-11-18)7-6-16(19)20/h3-5H,6-12H2,1-2H3,(H,19,20). The number of carbonyl (C=O) groups is 1. The Hall–Kier alpha value is -1.39. The maximum Gasteiger partial charge on any atom is 0.304 e. The molecule has 110 valence electrons. The Morgan fingerprint density at radius 2 is 1.80 bits per heavy atom.